The summed E-state index contributed by atoms with van der Waals surface area (Å²) >= 11 is 0. The lowest BCUT2D eigenvalue weighted by atomic mass is 9.99. The van der Waals surface area contributed by atoms with Gasteiger partial charge in [-0.25, -0.2) is 0 Å². The molecule has 1 aromatic rings. The number of hydrogen-bond donors (Lipinski definition) is 1. The van der Waals surface area contributed by atoms with Crippen LogP contribution in [0.4, 0.5) is 0 Å². The lowest BCUT2D eigenvalue weighted by molar-refractivity contribution is 0.0749. The zero-order valence-electron chi connectivity index (χ0n) is 13.7. The molecule has 2 unspecified atom stereocenters. The lowest BCUT2D eigenvalue weighted by Crippen LogP contribution is -2.53. The van der Waals surface area contributed by atoms with E-state index < -0.39 is 0 Å². The Bertz CT molecular complexity index is 424. The van der Waals surface area contributed by atoms with Crippen molar-refractivity contribution in [3.63, 3.8) is 0 Å². The molecule has 118 valence electrons. The summed E-state index contributed by atoms with van der Waals surface area (Å²) in [6, 6.07) is 9.15. The third kappa shape index (κ3) is 3.96. The molecule has 1 aromatic carbocycles. The number of hydrogen-bond acceptors (Lipinski definition) is 4. The van der Waals surface area contributed by atoms with Crippen molar-refractivity contribution in [2.45, 2.75) is 38.9 Å². The molecule has 0 spiro atoms. The minimum absolute atomic E-state index is 0.0431. The number of nitrogens with two attached hydrogens (primary N) is 1. The van der Waals surface area contributed by atoms with E-state index in [1.807, 2.05) is 12.1 Å². The summed E-state index contributed by atoms with van der Waals surface area (Å²) < 4.78 is 5.20. The average molecular weight is 291 g/mol. The number of ether oxygens (including phenoxy) is 1. The van der Waals surface area contributed by atoms with Gasteiger partial charge in [-0.3, -0.25) is 9.80 Å². The minimum atomic E-state index is 0.0431. The fraction of sp³-hybridized carbons (Fsp3) is 0.647. The van der Waals surface area contributed by atoms with Crippen LogP contribution in [0, 0.1) is 0 Å². The van der Waals surface area contributed by atoms with E-state index in [4.69, 9.17) is 10.5 Å². The van der Waals surface area contributed by atoms with Crippen LogP contribution in [0.2, 0.25) is 0 Å². The van der Waals surface area contributed by atoms with Crippen LogP contribution in [0.3, 0.4) is 0 Å². The van der Waals surface area contributed by atoms with E-state index in [9.17, 15) is 0 Å². The van der Waals surface area contributed by atoms with Crippen LogP contribution in [-0.2, 0) is 0 Å². The quantitative estimate of drug-likeness (QED) is 0.902. The molecule has 1 saturated heterocycles. The predicted octanol–water partition coefficient (Wildman–Crippen LogP) is 2.11. The first-order valence-electron chi connectivity index (χ1n) is 7.90. The van der Waals surface area contributed by atoms with E-state index >= 15 is 0 Å². The molecular weight excluding hydrogens is 262 g/mol. The number of rotatable bonds is 5. The second-order valence-corrected chi connectivity index (χ2v) is 6.21. The van der Waals surface area contributed by atoms with Gasteiger partial charge in [-0.1, -0.05) is 12.1 Å². The molecule has 0 saturated carbocycles. The van der Waals surface area contributed by atoms with E-state index in [1.54, 1.807) is 7.11 Å². The fourth-order valence-electron chi connectivity index (χ4n) is 2.99. The highest BCUT2D eigenvalue weighted by atomic mass is 16.5. The maximum atomic E-state index is 6.46. The number of methoxy groups -OCH3 is 1. The molecule has 1 aliphatic rings. The van der Waals surface area contributed by atoms with E-state index in [2.05, 4.69) is 42.7 Å². The van der Waals surface area contributed by atoms with Crippen LogP contribution in [-0.4, -0.2) is 55.2 Å². The van der Waals surface area contributed by atoms with Crippen molar-refractivity contribution in [3.8, 4) is 5.75 Å². The molecule has 2 rings (SSSR count). The van der Waals surface area contributed by atoms with Gasteiger partial charge in [0, 0.05) is 44.3 Å². The van der Waals surface area contributed by atoms with Crippen LogP contribution in [0.15, 0.2) is 24.3 Å². The van der Waals surface area contributed by atoms with Gasteiger partial charge in [0.2, 0.25) is 0 Å². The molecule has 1 heterocycles. The summed E-state index contributed by atoms with van der Waals surface area (Å²) in [4.78, 5) is 5.04. The second kappa shape index (κ2) is 7.25. The van der Waals surface area contributed by atoms with Crippen molar-refractivity contribution < 1.29 is 4.74 Å². The van der Waals surface area contributed by atoms with E-state index in [0.717, 1.165) is 31.9 Å². The van der Waals surface area contributed by atoms with Gasteiger partial charge in [0.25, 0.3) is 0 Å². The highest BCUT2D eigenvalue weighted by molar-refractivity contribution is 5.29. The number of nitrogens with zero attached hydrogens (tertiary/aromatic N) is 2. The van der Waals surface area contributed by atoms with Gasteiger partial charge in [-0.2, -0.15) is 0 Å². The average Bonchev–Trinajstić information content (AvgIpc) is 2.53. The van der Waals surface area contributed by atoms with Gasteiger partial charge in [-0.05, 0) is 38.5 Å². The monoisotopic (exact) mass is 291 g/mol. The molecule has 0 amide bonds. The van der Waals surface area contributed by atoms with Gasteiger partial charge in [0.15, 0.2) is 0 Å². The van der Waals surface area contributed by atoms with Crippen LogP contribution < -0.4 is 10.5 Å². The Morgan fingerprint density at radius 3 is 1.95 bits per heavy atom. The molecule has 4 heteroatoms. The number of piperazine rings is 1. The molecule has 2 N–H and O–H groups in total. The fourth-order valence-corrected chi connectivity index (χ4v) is 2.99. The Balaban J connectivity index is 1.94. The van der Waals surface area contributed by atoms with E-state index in [1.165, 1.54) is 5.56 Å². The SMILES string of the molecule is COc1ccc(C(N)C(C)N2CCN(C(C)C)CC2)cc1. The van der Waals surface area contributed by atoms with Crippen LogP contribution in [0.25, 0.3) is 0 Å². The van der Waals surface area contributed by atoms with Crippen molar-refractivity contribution in [2.75, 3.05) is 33.3 Å². The zero-order chi connectivity index (χ0) is 15.4. The van der Waals surface area contributed by atoms with Gasteiger partial charge in [0.05, 0.1) is 7.11 Å². The van der Waals surface area contributed by atoms with Crippen molar-refractivity contribution in [1.29, 1.82) is 0 Å². The largest absolute Gasteiger partial charge is 0.497 e. The van der Waals surface area contributed by atoms with Gasteiger partial charge >= 0.3 is 0 Å². The van der Waals surface area contributed by atoms with Gasteiger partial charge in [0.1, 0.15) is 5.75 Å². The highest BCUT2D eigenvalue weighted by Crippen LogP contribution is 2.22. The second-order valence-electron chi connectivity index (χ2n) is 6.21. The molecular formula is C17H29N3O. The van der Waals surface area contributed by atoms with E-state index in [-0.39, 0.29) is 6.04 Å². The summed E-state index contributed by atoms with van der Waals surface area (Å²) in [6.45, 7) is 11.2. The Morgan fingerprint density at radius 1 is 0.952 bits per heavy atom. The maximum absolute atomic E-state index is 6.46. The molecule has 1 fully saturated rings. The van der Waals surface area contributed by atoms with E-state index in [0.29, 0.717) is 12.1 Å². The van der Waals surface area contributed by atoms with Crippen LogP contribution in [0.1, 0.15) is 32.4 Å². The molecule has 4 nitrogen and oxygen atoms in total. The Hall–Kier alpha value is -1.10. The topological polar surface area (TPSA) is 41.7 Å². The van der Waals surface area contributed by atoms with Crippen LogP contribution >= 0.6 is 0 Å². The van der Waals surface area contributed by atoms with Crippen LogP contribution in [0.5, 0.6) is 5.75 Å². The molecule has 1 aliphatic heterocycles. The highest BCUT2D eigenvalue weighted by Gasteiger charge is 2.26. The van der Waals surface area contributed by atoms with Crippen molar-refractivity contribution >= 4 is 0 Å². The normalized spacial score (nSPS) is 20.5. The summed E-state index contributed by atoms with van der Waals surface area (Å²) in [6.07, 6.45) is 0. The summed E-state index contributed by atoms with van der Waals surface area (Å²) in [5.41, 5.74) is 7.63. The third-order valence-electron chi connectivity index (χ3n) is 4.68. The maximum Gasteiger partial charge on any atom is 0.118 e. The lowest BCUT2D eigenvalue weighted by Gasteiger charge is -2.41. The molecule has 0 aliphatic carbocycles. The summed E-state index contributed by atoms with van der Waals surface area (Å²) in [5, 5.41) is 0. The smallest absolute Gasteiger partial charge is 0.118 e. The van der Waals surface area contributed by atoms with Gasteiger partial charge < -0.3 is 10.5 Å². The Kier molecular flexibility index (Phi) is 5.62. The predicted molar refractivity (Wildman–Crippen MR) is 87.7 cm³/mol. The van der Waals surface area contributed by atoms with Crippen molar-refractivity contribution in [1.82, 2.24) is 9.80 Å². The summed E-state index contributed by atoms with van der Waals surface area (Å²) in [7, 11) is 1.69. The zero-order valence-corrected chi connectivity index (χ0v) is 13.7. The Morgan fingerprint density at radius 2 is 1.48 bits per heavy atom. The first-order chi connectivity index (χ1) is 10.0. The standard InChI is InChI=1S/C17H29N3O/c1-13(2)19-9-11-20(12-10-19)14(3)17(18)15-5-7-16(21-4)8-6-15/h5-8,13-14,17H,9-12,18H2,1-4H3. The molecule has 0 radical (unpaired) electrons. The van der Waals surface area contributed by atoms with Crippen molar-refractivity contribution in [3.05, 3.63) is 29.8 Å². The molecule has 2 atom stereocenters. The molecule has 21 heavy (non-hydrogen) atoms. The first-order valence-corrected chi connectivity index (χ1v) is 7.90. The third-order valence-corrected chi connectivity index (χ3v) is 4.68. The van der Waals surface area contributed by atoms with Crippen molar-refractivity contribution in [2.24, 2.45) is 5.73 Å². The Labute approximate surface area is 128 Å². The van der Waals surface area contributed by atoms with Gasteiger partial charge in [-0.15, -0.1) is 0 Å². The molecule has 0 bridgehead atoms. The first kappa shape index (κ1) is 16.3. The molecule has 0 aromatic heterocycles. The summed E-state index contributed by atoms with van der Waals surface area (Å²) in [5.74, 6) is 0.879. The minimum Gasteiger partial charge on any atom is -0.497 e. The number of benzene rings is 1.